The van der Waals surface area contributed by atoms with Crippen LogP contribution in [0.15, 0.2) is 24.3 Å². The molecule has 7 nitrogen and oxygen atoms in total. The third-order valence-corrected chi connectivity index (χ3v) is 7.96. The summed E-state index contributed by atoms with van der Waals surface area (Å²) in [5, 5.41) is 3.70. The molecular formula is C23H31N3O4S. The first kappa shape index (κ1) is 22.2. The van der Waals surface area contributed by atoms with E-state index in [9.17, 15) is 13.2 Å². The maximum absolute atomic E-state index is 13.2. The molecule has 2 heterocycles. The summed E-state index contributed by atoms with van der Waals surface area (Å²) in [5.41, 5.74) is 3.46. The third-order valence-electron chi connectivity index (χ3n) is 6.16. The number of fused-ring (bicyclic) bond motifs is 2. The van der Waals surface area contributed by atoms with Crippen LogP contribution in [0.2, 0.25) is 0 Å². The van der Waals surface area contributed by atoms with Crippen molar-refractivity contribution < 1.29 is 17.9 Å². The fraction of sp³-hybridized carbons (Fsp3) is 0.565. The van der Waals surface area contributed by atoms with Gasteiger partial charge in [-0.15, -0.1) is 0 Å². The van der Waals surface area contributed by atoms with Crippen molar-refractivity contribution in [3.8, 4) is 0 Å². The molecule has 2 aliphatic rings. The standard InChI is InChI=1S/C23H31N3O4S/c1-15-8-9-21-19(12-15)22(18-6-4-5-7-20(18)25-21)23(27)24-10-11-31(28,29)26-13-16(2)30-17(3)14-26/h4-7,15-17H,8-14H2,1-3H3,(H,24,27)/t15-,16-,17-/m1/s1. The Morgan fingerprint density at radius 1 is 1.19 bits per heavy atom. The van der Waals surface area contributed by atoms with Gasteiger partial charge in [0.1, 0.15) is 0 Å². The lowest BCUT2D eigenvalue weighted by atomic mass is 9.84. The number of hydrogen-bond donors (Lipinski definition) is 1. The van der Waals surface area contributed by atoms with Gasteiger partial charge < -0.3 is 10.1 Å². The maximum atomic E-state index is 13.2. The van der Waals surface area contributed by atoms with Crippen LogP contribution >= 0.6 is 0 Å². The average molecular weight is 446 g/mol. The van der Waals surface area contributed by atoms with E-state index in [1.165, 1.54) is 4.31 Å². The van der Waals surface area contributed by atoms with E-state index in [1.807, 2.05) is 38.1 Å². The Bertz CT molecular complexity index is 1080. The minimum absolute atomic E-state index is 0.0717. The van der Waals surface area contributed by atoms with Crippen LogP contribution in [0.3, 0.4) is 0 Å². The molecule has 3 atom stereocenters. The number of hydrogen-bond acceptors (Lipinski definition) is 5. The molecule has 1 fully saturated rings. The second kappa shape index (κ2) is 8.84. The van der Waals surface area contributed by atoms with Gasteiger partial charge in [-0.1, -0.05) is 25.1 Å². The van der Waals surface area contributed by atoms with Gasteiger partial charge in [-0.05, 0) is 50.7 Å². The summed E-state index contributed by atoms with van der Waals surface area (Å²) in [5.74, 6) is 0.148. The lowest BCUT2D eigenvalue weighted by Gasteiger charge is -2.34. The molecule has 1 N–H and O–H groups in total. The van der Waals surface area contributed by atoms with E-state index in [0.717, 1.165) is 41.4 Å². The molecule has 2 aromatic rings. The molecule has 1 aromatic carbocycles. The molecule has 1 amide bonds. The average Bonchev–Trinajstić information content (AvgIpc) is 2.71. The minimum atomic E-state index is -3.47. The Hall–Kier alpha value is -2.03. The monoisotopic (exact) mass is 445 g/mol. The van der Waals surface area contributed by atoms with Gasteiger partial charge in [-0.3, -0.25) is 9.78 Å². The van der Waals surface area contributed by atoms with Crippen molar-refractivity contribution in [3.63, 3.8) is 0 Å². The van der Waals surface area contributed by atoms with Crippen molar-refractivity contribution in [1.82, 2.24) is 14.6 Å². The number of carbonyl (C=O) groups is 1. The van der Waals surface area contributed by atoms with Gasteiger partial charge in [-0.2, -0.15) is 4.31 Å². The van der Waals surface area contributed by atoms with Crippen LogP contribution < -0.4 is 5.32 Å². The number of amides is 1. The van der Waals surface area contributed by atoms with E-state index < -0.39 is 10.0 Å². The van der Waals surface area contributed by atoms with E-state index >= 15 is 0 Å². The van der Waals surface area contributed by atoms with Gasteiger partial charge in [-0.25, -0.2) is 8.42 Å². The third kappa shape index (κ3) is 4.76. The normalized spacial score (nSPS) is 24.7. The number of benzene rings is 1. The predicted molar refractivity (Wildman–Crippen MR) is 121 cm³/mol. The molecule has 0 spiro atoms. The van der Waals surface area contributed by atoms with E-state index in [-0.39, 0.29) is 30.4 Å². The predicted octanol–water partition coefficient (Wildman–Crippen LogP) is 2.53. The number of rotatable bonds is 5. The minimum Gasteiger partial charge on any atom is -0.373 e. The van der Waals surface area contributed by atoms with Crippen molar-refractivity contribution in [2.24, 2.45) is 5.92 Å². The first-order valence-corrected chi connectivity index (χ1v) is 12.7. The fourth-order valence-corrected chi connectivity index (χ4v) is 6.18. The number of aryl methyl sites for hydroxylation is 1. The van der Waals surface area contributed by atoms with Crippen molar-refractivity contribution in [2.45, 2.75) is 52.2 Å². The van der Waals surface area contributed by atoms with Crippen LogP contribution in [0, 0.1) is 5.92 Å². The van der Waals surface area contributed by atoms with Gasteiger partial charge in [0.25, 0.3) is 5.91 Å². The van der Waals surface area contributed by atoms with E-state index in [4.69, 9.17) is 9.72 Å². The van der Waals surface area contributed by atoms with Crippen LogP contribution in [0.1, 0.15) is 48.8 Å². The van der Waals surface area contributed by atoms with Gasteiger partial charge in [0.2, 0.25) is 10.0 Å². The second-order valence-electron chi connectivity index (χ2n) is 8.92. The quantitative estimate of drug-likeness (QED) is 0.764. The van der Waals surface area contributed by atoms with E-state index in [2.05, 4.69) is 12.2 Å². The SMILES string of the molecule is C[C@@H]1CCc2nc3ccccc3c(C(=O)NCCS(=O)(=O)N3C[C@@H](C)O[C@H](C)C3)c2C1. The zero-order valence-electron chi connectivity index (χ0n) is 18.4. The summed E-state index contributed by atoms with van der Waals surface area (Å²) in [6.07, 6.45) is 2.48. The number of para-hydroxylation sites is 1. The van der Waals surface area contributed by atoms with Crippen molar-refractivity contribution in [3.05, 3.63) is 41.1 Å². The summed E-state index contributed by atoms with van der Waals surface area (Å²) >= 11 is 0. The van der Waals surface area contributed by atoms with Crippen LogP contribution in [0.4, 0.5) is 0 Å². The molecule has 1 aromatic heterocycles. The van der Waals surface area contributed by atoms with Gasteiger partial charge in [0.15, 0.2) is 0 Å². The van der Waals surface area contributed by atoms with E-state index in [0.29, 0.717) is 24.6 Å². The number of carbonyl (C=O) groups excluding carboxylic acids is 1. The van der Waals surface area contributed by atoms with Gasteiger partial charge >= 0.3 is 0 Å². The molecule has 4 rings (SSSR count). The Morgan fingerprint density at radius 2 is 1.90 bits per heavy atom. The topological polar surface area (TPSA) is 88.6 Å². The largest absolute Gasteiger partial charge is 0.373 e. The highest BCUT2D eigenvalue weighted by Crippen LogP contribution is 2.31. The zero-order chi connectivity index (χ0) is 22.2. The van der Waals surface area contributed by atoms with E-state index in [1.54, 1.807) is 0 Å². The number of ether oxygens (including phenoxy) is 1. The molecule has 8 heteroatoms. The molecular weight excluding hydrogens is 414 g/mol. The summed E-state index contributed by atoms with van der Waals surface area (Å²) in [6.45, 7) is 6.71. The zero-order valence-corrected chi connectivity index (χ0v) is 19.2. The highest BCUT2D eigenvalue weighted by Gasteiger charge is 2.31. The van der Waals surface area contributed by atoms with Crippen LogP contribution in [0.25, 0.3) is 10.9 Å². The summed E-state index contributed by atoms with van der Waals surface area (Å²) < 4.78 is 32.7. The number of sulfonamides is 1. The first-order chi connectivity index (χ1) is 14.7. The lowest BCUT2D eigenvalue weighted by Crippen LogP contribution is -2.49. The van der Waals surface area contributed by atoms with Crippen molar-refractivity contribution in [2.75, 3.05) is 25.4 Å². The summed E-state index contributed by atoms with van der Waals surface area (Å²) in [6, 6.07) is 7.68. The van der Waals surface area contributed by atoms with Gasteiger partial charge in [0, 0.05) is 30.7 Å². The number of aromatic nitrogens is 1. The Balaban J connectivity index is 1.52. The van der Waals surface area contributed by atoms with Gasteiger partial charge in [0.05, 0.1) is 29.0 Å². The molecule has 0 saturated carbocycles. The smallest absolute Gasteiger partial charge is 0.252 e. The molecule has 0 bridgehead atoms. The molecule has 1 saturated heterocycles. The Morgan fingerprint density at radius 3 is 2.65 bits per heavy atom. The highest BCUT2D eigenvalue weighted by molar-refractivity contribution is 7.89. The Labute approximate surface area is 184 Å². The summed E-state index contributed by atoms with van der Waals surface area (Å²) in [4.78, 5) is 18.0. The van der Waals surface area contributed by atoms with Crippen LogP contribution in [-0.2, 0) is 27.6 Å². The number of nitrogens with zero attached hydrogens (tertiary/aromatic N) is 2. The van der Waals surface area contributed by atoms with Crippen LogP contribution in [-0.4, -0.2) is 61.2 Å². The highest BCUT2D eigenvalue weighted by atomic mass is 32.2. The van der Waals surface area contributed by atoms with Crippen LogP contribution in [0.5, 0.6) is 0 Å². The number of morpholine rings is 1. The molecule has 1 aliphatic carbocycles. The fourth-order valence-electron chi connectivity index (χ4n) is 4.69. The summed E-state index contributed by atoms with van der Waals surface area (Å²) in [7, 11) is -3.47. The lowest BCUT2D eigenvalue weighted by molar-refractivity contribution is -0.0440. The maximum Gasteiger partial charge on any atom is 0.252 e. The molecule has 1 aliphatic heterocycles. The second-order valence-corrected chi connectivity index (χ2v) is 11.0. The number of pyridine rings is 1. The molecule has 0 unspecified atom stereocenters. The van der Waals surface area contributed by atoms with Crippen molar-refractivity contribution >= 4 is 26.8 Å². The first-order valence-electron chi connectivity index (χ1n) is 11.1. The number of nitrogens with one attached hydrogen (secondary N) is 1. The molecule has 31 heavy (non-hydrogen) atoms. The molecule has 0 radical (unpaired) electrons. The molecule has 168 valence electrons. The Kier molecular flexibility index (Phi) is 6.32. The van der Waals surface area contributed by atoms with Crippen molar-refractivity contribution in [1.29, 1.82) is 0 Å².